The van der Waals surface area contributed by atoms with Crippen molar-refractivity contribution in [2.75, 3.05) is 5.32 Å². The molecule has 3 aromatic carbocycles. The SMILES string of the molecule is CCc1ccc(NC(=O)c2nc(-c3ccc(C)cc3)n(-c3cccc(C)c3)n2)cc1. The third-order valence-corrected chi connectivity index (χ3v) is 4.99. The van der Waals surface area contributed by atoms with E-state index >= 15 is 0 Å². The first-order valence-corrected chi connectivity index (χ1v) is 10.0. The van der Waals surface area contributed by atoms with Crippen LogP contribution in [0.5, 0.6) is 0 Å². The number of carbonyl (C=O) groups is 1. The van der Waals surface area contributed by atoms with Crippen LogP contribution in [-0.2, 0) is 6.42 Å². The number of anilines is 1. The number of carbonyl (C=O) groups excluding carboxylic acids is 1. The van der Waals surface area contributed by atoms with Crippen molar-refractivity contribution in [2.24, 2.45) is 0 Å². The van der Waals surface area contributed by atoms with Crippen molar-refractivity contribution in [1.29, 1.82) is 0 Å². The molecule has 150 valence electrons. The van der Waals surface area contributed by atoms with E-state index in [1.54, 1.807) is 4.68 Å². The minimum absolute atomic E-state index is 0.131. The molecule has 5 heteroatoms. The maximum Gasteiger partial charge on any atom is 0.295 e. The smallest absolute Gasteiger partial charge is 0.295 e. The van der Waals surface area contributed by atoms with E-state index in [4.69, 9.17) is 0 Å². The van der Waals surface area contributed by atoms with E-state index in [1.165, 1.54) is 5.56 Å². The van der Waals surface area contributed by atoms with Gasteiger partial charge in [-0.2, -0.15) is 0 Å². The van der Waals surface area contributed by atoms with Crippen molar-refractivity contribution < 1.29 is 4.79 Å². The number of hydrogen-bond acceptors (Lipinski definition) is 3. The summed E-state index contributed by atoms with van der Waals surface area (Å²) in [5, 5.41) is 7.44. The molecule has 0 saturated heterocycles. The molecule has 0 aliphatic rings. The Kier molecular flexibility index (Phi) is 5.44. The average Bonchev–Trinajstić information content (AvgIpc) is 3.20. The second-order valence-electron chi connectivity index (χ2n) is 7.38. The molecular formula is C25H24N4O. The predicted molar refractivity (Wildman–Crippen MR) is 120 cm³/mol. The maximum atomic E-state index is 12.9. The summed E-state index contributed by atoms with van der Waals surface area (Å²) in [4.78, 5) is 17.5. The van der Waals surface area contributed by atoms with Crippen LogP contribution in [0, 0.1) is 13.8 Å². The zero-order chi connectivity index (χ0) is 21.1. The highest BCUT2D eigenvalue weighted by atomic mass is 16.2. The second kappa shape index (κ2) is 8.33. The number of nitrogens with zero attached hydrogens (tertiary/aromatic N) is 3. The number of benzene rings is 3. The van der Waals surface area contributed by atoms with Crippen LogP contribution in [-0.4, -0.2) is 20.7 Å². The number of nitrogens with one attached hydrogen (secondary N) is 1. The largest absolute Gasteiger partial charge is 0.319 e. The van der Waals surface area contributed by atoms with Crippen LogP contribution >= 0.6 is 0 Å². The molecule has 0 fully saturated rings. The first-order chi connectivity index (χ1) is 14.5. The molecule has 0 atom stereocenters. The van der Waals surface area contributed by atoms with Gasteiger partial charge in [0, 0.05) is 11.3 Å². The molecule has 0 spiro atoms. The quantitative estimate of drug-likeness (QED) is 0.494. The van der Waals surface area contributed by atoms with E-state index in [0.717, 1.165) is 34.5 Å². The summed E-state index contributed by atoms with van der Waals surface area (Å²) in [5.74, 6) is 0.428. The Hall–Kier alpha value is -3.73. The van der Waals surface area contributed by atoms with Crippen LogP contribution in [0.3, 0.4) is 0 Å². The molecule has 1 amide bonds. The molecule has 1 heterocycles. The van der Waals surface area contributed by atoms with Crippen LogP contribution < -0.4 is 5.32 Å². The lowest BCUT2D eigenvalue weighted by atomic mass is 10.1. The molecule has 30 heavy (non-hydrogen) atoms. The fraction of sp³-hybridized carbons (Fsp3) is 0.160. The maximum absolute atomic E-state index is 12.9. The normalized spacial score (nSPS) is 10.8. The van der Waals surface area contributed by atoms with Crippen LogP contribution in [0.4, 0.5) is 5.69 Å². The summed E-state index contributed by atoms with van der Waals surface area (Å²) < 4.78 is 1.73. The number of amides is 1. The van der Waals surface area contributed by atoms with E-state index in [0.29, 0.717) is 5.82 Å². The van der Waals surface area contributed by atoms with Crippen molar-refractivity contribution in [3.05, 3.63) is 95.3 Å². The van der Waals surface area contributed by atoms with Gasteiger partial charge >= 0.3 is 0 Å². The summed E-state index contributed by atoms with van der Waals surface area (Å²) in [6.07, 6.45) is 0.955. The van der Waals surface area contributed by atoms with Gasteiger partial charge in [-0.15, -0.1) is 5.10 Å². The predicted octanol–water partition coefficient (Wildman–Crippen LogP) is 5.37. The van der Waals surface area contributed by atoms with E-state index < -0.39 is 0 Å². The van der Waals surface area contributed by atoms with E-state index in [1.807, 2.05) is 86.6 Å². The average molecular weight is 396 g/mol. The molecule has 5 nitrogen and oxygen atoms in total. The van der Waals surface area contributed by atoms with Gasteiger partial charge in [-0.25, -0.2) is 9.67 Å². The van der Waals surface area contributed by atoms with Gasteiger partial charge in [0.05, 0.1) is 5.69 Å². The zero-order valence-electron chi connectivity index (χ0n) is 17.4. The van der Waals surface area contributed by atoms with Crippen molar-refractivity contribution in [1.82, 2.24) is 14.8 Å². The summed E-state index contributed by atoms with van der Waals surface area (Å²) in [5.41, 5.74) is 5.98. The highest BCUT2D eigenvalue weighted by molar-refractivity contribution is 6.01. The van der Waals surface area contributed by atoms with E-state index in [9.17, 15) is 4.79 Å². The lowest BCUT2D eigenvalue weighted by Crippen LogP contribution is -2.14. The van der Waals surface area contributed by atoms with Gasteiger partial charge in [0.2, 0.25) is 5.82 Å². The second-order valence-corrected chi connectivity index (χ2v) is 7.38. The van der Waals surface area contributed by atoms with Crippen LogP contribution in [0.1, 0.15) is 34.2 Å². The standard InChI is InChI=1S/C25H24N4O/c1-4-19-10-14-21(15-11-19)26-25(30)23-27-24(20-12-8-17(2)9-13-20)29(28-23)22-7-5-6-18(3)16-22/h5-16H,4H2,1-3H3,(H,26,30). The van der Waals surface area contributed by atoms with Crippen molar-refractivity contribution in [3.8, 4) is 17.1 Å². The Morgan fingerprint density at radius 2 is 1.67 bits per heavy atom. The van der Waals surface area contributed by atoms with Gasteiger partial charge < -0.3 is 5.32 Å². The van der Waals surface area contributed by atoms with Crippen LogP contribution in [0.2, 0.25) is 0 Å². The summed E-state index contributed by atoms with van der Waals surface area (Å²) in [6.45, 7) is 6.17. The van der Waals surface area contributed by atoms with Gasteiger partial charge in [0.15, 0.2) is 5.82 Å². The number of hydrogen-bond donors (Lipinski definition) is 1. The molecular weight excluding hydrogens is 372 g/mol. The zero-order valence-corrected chi connectivity index (χ0v) is 17.4. The monoisotopic (exact) mass is 396 g/mol. The van der Waals surface area contributed by atoms with Crippen molar-refractivity contribution in [3.63, 3.8) is 0 Å². The van der Waals surface area contributed by atoms with Crippen LogP contribution in [0.15, 0.2) is 72.8 Å². The topological polar surface area (TPSA) is 59.8 Å². The third-order valence-electron chi connectivity index (χ3n) is 4.99. The number of rotatable bonds is 5. The molecule has 0 bridgehead atoms. The molecule has 1 aromatic heterocycles. The highest BCUT2D eigenvalue weighted by Gasteiger charge is 2.19. The molecule has 0 saturated carbocycles. The molecule has 0 unspecified atom stereocenters. The van der Waals surface area contributed by atoms with Crippen molar-refractivity contribution in [2.45, 2.75) is 27.2 Å². The molecule has 4 aromatic rings. The Bertz CT molecular complexity index is 1170. The van der Waals surface area contributed by atoms with Crippen molar-refractivity contribution >= 4 is 11.6 Å². The van der Waals surface area contributed by atoms with E-state index in [-0.39, 0.29) is 11.7 Å². The minimum atomic E-state index is -0.334. The summed E-state index contributed by atoms with van der Waals surface area (Å²) in [6, 6.07) is 23.8. The number of aromatic nitrogens is 3. The Morgan fingerprint density at radius 1 is 0.933 bits per heavy atom. The lowest BCUT2D eigenvalue weighted by molar-refractivity contribution is 0.101. The Labute approximate surface area is 176 Å². The highest BCUT2D eigenvalue weighted by Crippen LogP contribution is 2.23. The Balaban J connectivity index is 1.72. The molecule has 0 aliphatic carbocycles. The fourth-order valence-corrected chi connectivity index (χ4v) is 3.25. The van der Waals surface area contributed by atoms with E-state index in [2.05, 4.69) is 22.3 Å². The van der Waals surface area contributed by atoms with Gasteiger partial charge in [-0.05, 0) is 55.7 Å². The lowest BCUT2D eigenvalue weighted by Gasteiger charge is -2.07. The number of aryl methyl sites for hydroxylation is 3. The Morgan fingerprint density at radius 3 is 2.33 bits per heavy atom. The van der Waals surface area contributed by atoms with Crippen LogP contribution in [0.25, 0.3) is 17.1 Å². The van der Waals surface area contributed by atoms with Gasteiger partial charge in [0.1, 0.15) is 0 Å². The first kappa shape index (κ1) is 19.6. The third kappa shape index (κ3) is 4.15. The van der Waals surface area contributed by atoms with Gasteiger partial charge in [0.25, 0.3) is 5.91 Å². The molecule has 0 aliphatic heterocycles. The molecule has 1 N–H and O–H groups in total. The first-order valence-electron chi connectivity index (χ1n) is 10.0. The fourth-order valence-electron chi connectivity index (χ4n) is 3.25. The van der Waals surface area contributed by atoms with Gasteiger partial charge in [-0.1, -0.05) is 61.0 Å². The summed E-state index contributed by atoms with van der Waals surface area (Å²) >= 11 is 0. The minimum Gasteiger partial charge on any atom is -0.319 e. The summed E-state index contributed by atoms with van der Waals surface area (Å²) in [7, 11) is 0. The molecule has 4 rings (SSSR count). The van der Waals surface area contributed by atoms with Gasteiger partial charge in [-0.3, -0.25) is 4.79 Å². The molecule has 0 radical (unpaired) electrons.